The van der Waals surface area contributed by atoms with E-state index in [1.54, 1.807) is 0 Å². The zero-order valence-corrected chi connectivity index (χ0v) is 19.7. The number of nitrogens with zero attached hydrogens (tertiary/aromatic N) is 5. The van der Waals surface area contributed by atoms with Crippen LogP contribution in [0.4, 0.5) is 10.9 Å². The summed E-state index contributed by atoms with van der Waals surface area (Å²) >= 11 is 1.51. The van der Waals surface area contributed by atoms with Crippen molar-refractivity contribution < 1.29 is 4.79 Å². The lowest BCUT2D eigenvalue weighted by atomic mass is 10.1. The molecule has 2 aromatic heterocycles. The van der Waals surface area contributed by atoms with Crippen LogP contribution < -0.4 is 10.2 Å². The van der Waals surface area contributed by atoms with E-state index in [4.69, 9.17) is 10.1 Å². The lowest BCUT2D eigenvalue weighted by Gasteiger charge is -2.24. The van der Waals surface area contributed by atoms with E-state index in [0.29, 0.717) is 6.54 Å². The molecule has 0 spiro atoms. The molecule has 8 heteroatoms. The predicted molar refractivity (Wildman–Crippen MR) is 128 cm³/mol. The van der Waals surface area contributed by atoms with Crippen molar-refractivity contribution in [1.82, 2.24) is 19.5 Å². The highest BCUT2D eigenvalue weighted by Gasteiger charge is 2.24. The molecule has 4 rings (SSSR count). The maximum absolute atomic E-state index is 12.8. The van der Waals surface area contributed by atoms with E-state index < -0.39 is 0 Å². The largest absolute Gasteiger partial charge is 0.364 e. The predicted octanol–water partition coefficient (Wildman–Crippen LogP) is 4.51. The molecule has 0 bridgehead atoms. The van der Waals surface area contributed by atoms with Gasteiger partial charge in [-0.05, 0) is 33.6 Å². The van der Waals surface area contributed by atoms with Gasteiger partial charge in [-0.2, -0.15) is 4.52 Å². The first-order chi connectivity index (χ1) is 14.8. The number of amides is 1. The summed E-state index contributed by atoms with van der Waals surface area (Å²) in [5.74, 6) is 1.05. The fourth-order valence-electron chi connectivity index (χ4n) is 3.85. The molecule has 0 saturated carbocycles. The molecule has 1 fully saturated rings. The van der Waals surface area contributed by atoms with Crippen LogP contribution in [-0.2, 0) is 4.79 Å². The van der Waals surface area contributed by atoms with Crippen LogP contribution in [0.25, 0.3) is 16.2 Å². The SMILES string of the molecule is CN(CC(=O)N1CCCCCC1)c1nn2c(NC(C)(C)C)c(-c3ccccc3)nc2s1. The third-order valence-corrected chi connectivity index (χ3v) is 6.41. The lowest BCUT2D eigenvalue weighted by molar-refractivity contribution is -0.129. The van der Waals surface area contributed by atoms with Gasteiger partial charge < -0.3 is 15.1 Å². The van der Waals surface area contributed by atoms with Gasteiger partial charge in [0.25, 0.3) is 0 Å². The Hall–Kier alpha value is -2.61. The van der Waals surface area contributed by atoms with E-state index >= 15 is 0 Å². The number of hydrogen-bond acceptors (Lipinski definition) is 6. The van der Waals surface area contributed by atoms with Crippen LogP contribution in [0.5, 0.6) is 0 Å². The average Bonchev–Trinajstić information content (AvgIpc) is 3.14. The van der Waals surface area contributed by atoms with Crippen LogP contribution in [0.3, 0.4) is 0 Å². The maximum Gasteiger partial charge on any atom is 0.242 e. The summed E-state index contributed by atoms with van der Waals surface area (Å²) in [6.45, 7) is 8.45. The summed E-state index contributed by atoms with van der Waals surface area (Å²) in [5, 5.41) is 9.19. The number of likely N-dealkylation sites (tertiary alicyclic amines) is 1. The van der Waals surface area contributed by atoms with Gasteiger partial charge in [0.05, 0.1) is 6.54 Å². The molecule has 0 radical (unpaired) electrons. The minimum absolute atomic E-state index is 0.141. The number of likely N-dealkylation sites (N-methyl/N-ethyl adjacent to an activating group) is 1. The Bertz CT molecular complexity index is 1030. The van der Waals surface area contributed by atoms with Crippen molar-refractivity contribution in [3.05, 3.63) is 30.3 Å². The Balaban J connectivity index is 1.60. The molecular weight excluding hydrogens is 408 g/mol. The van der Waals surface area contributed by atoms with E-state index in [-0.39, 0.29) is 11.4 Å². The number of benzene rings is 1. The van der Waals surface area contributed by atoms with Gasteiger partial charge in [0, 0.05) is 31.2 Å². The highest BCUT2D eigenvalue weighted by Crippen LogP contribution is 2.34. The second kappa shape index (κ2) is 8.86. The average molecular weight is 441 g/mol. The smallest absolute Gasteiger partial charge is 0.242 e. The highest BCUT2D eigenvalue weighted by atomic mass is 32.1. The molecule has 31 heavy (non-hydrogen) atoms. The van der Waals surface area contributed by atoms with E-state index in [1.165, 1.54) is 24.2 Å². The second-order valence-corrected chi connectivity index (χ2v) is 10.2. The molecule has 1 aliphatic heterocycles. The third kappa shape index (κ3) is 5.01. The summed E-state index contributed by atoms with van der Waals surface area (Å²) < 4.78 is 1.88. The second-order valence-electron chi connectivity index (χ2n) is 9.28. The van der Waals surface area contributed by atoms with Gasteiger partial charge in [-0.1, -0.05) is 54.5 Å². The van der Waals surface area contributed by atoms with Crippen molar-refractivity contribution in [2.45, 2.75) is 52.0 Å². The molecule has 0 atom stereocenters. The van der Waals surface area contributed by atoms with Crippen LogP contribution in [0.1, 0.15) is 46.5 Å². The first-order valence-electron chi connectivity index (χ1n) is 11.0. The Morgan fingerprint density at radius 1 is 1.13 bits per heavy atom. The molecule has 1 N–H and O–H groups in total. The first kappa shape index (κ1) is 21.6. The van der Waals surface area contributed by atoms with Gasteiger partial charge in [-0.15, -0.1) is 5.10 Å². The number of carbonyl (C=O) groups excluding carboxylic acids is 1. The standard InChI is InChI=1S/C23H32N6OS/c1-23(2,3)25-20-19(17-12-8-7-9-13-17)24-21-29(20)26-22(31-21)27(4)16-18(30)28-14-10-5-6-11-15-28/h7-9,12-13,25H,5-6,10-11,14-16H2,1-4H3. The molecule has 1 aliphatic rings. The molecule has 1 saturated heterocycles. The monoisotopic (exact) mass is 440 g/mol. The number of hydrogen-bond donors (Lipinski definition) is 1. The van der Waals surface area contributed by atoms with Crippen LogP contribution >= 0.6 is 11.3 Å². The zero-order chi connectivity index (χ0) is 22.0. The molecule has 166 valence electrons. The van der Waals surface area contributed by atoms with E-state index in [1.807, 2.05) is 39.6 Å². The Labute approximate surface area is 188 Å². The van der Waals surface area contributed by atoms with E-state index in [0.717, 1.165) is 53.1 Å². The highest BCUT2D eigenvalue weighted by molar-refractivity contribution is 7.20. The third-order valence-electron chi connectivity index (χ3n) is 5.39. The maximum atomic E-state index is 12.8. The summed E-state index contributed by atoms with van der Waals surface area (Å²) in [4.78, 5) is 22.5. The zero-order valence-electron chi connectivity index (χ0n) is 18.9. The lowest BCUT2D eigenvalue weighted by Crippen LogP contribution is -2.39. The molecule has 0 unspecified atom stereocenters. The van der Waals surface area contributed by atoms with Crippen molar-refractivity contribution in [2.75, 3.05) is 36.9 Å². The van der Waals surface area contributed by atoms with Crippen molar-refractivity contribution in [3.63, 3.8) is 0 Å². The van der Waals surface area contributed by atoms with Crippen molar-refractivity contribution in [3.8, 4) is 11.3 Å². The van der Waals surface area contributed by atoms with Gasteiger partial charge in [0.1, 0.15) is 5.69 Å². The Morgan fingerprint density at radius 2 is 1.81 bits per heavy atom. The molecule has 0 aliphatic carbocycles. The van der Waals surface area contributed by atoms with Crippen LogP contribution in [-0.4, -0.2) is 57.6 Å². The number of nitrogens with one attached hydrogen (secondary N) is 1. The number of fused-ring (bicyclic) bond motifs is 1. The molecule has 3 aromatic rings. The number of imidazole rings is 1. The normalized spacial score (nSPS) is 15.2. The fourth-order valence-corrected chi connectivity index (χ4v) is 4.71. The number of carbonyl (C=O) groups is 1. The van der Waals surface area contributed by atoms with Crippen molar-refractivity contribution in [1.29, 1.82) is 0 Å². The van der Waals surface area contributed by atoms with Crippen LogP contribution in [0, 0.1) is 0 Å². The van der Waals surface area contributed by atoms with Crippen molar-refractivity contribution >= 4 is 33.2 Å². The van der Waals surface area contributed by atoms with E-state index in [9.17, 15) is 4.79 Å². The molecule has 1 amide bonds. The Kier molecular flexibility index (Phi) is 6.18. The van der Waals surface area contributed by atoms with Gasteiger partial charge in [0.15, 0.2) is 5.82 Å². The topological polar surface area (TPSA) is 65.8 Å². The summed E-state index contributed by atoms with van der Waals surface area (Å²) in [6, 6.07) is 10.2. The van der Waals surface area contributed by atoms with Gasteiger partial charge in [-0.25, -0.2) is 4.98 Å². The molecule has 7 nitrogen and oxygen atoms in total. The molecule has 3 heterocycles. The molecular formula is C23H32N6OS. The quantitative estimate of drug-likeness (QED) is 0.632. The van der Waals surface area contributed by atoms with Gasteiger partial charge in [0.2, 0.25) is 16.0 Å². The minimum atomic E-state index is -0.141. The summed E-state index contributed by atoms with van der Waals surface area (Å²) in [6.07, 6.45) is 4.64. The van der Waals surface area contributed by atoms with Crippen LogP contribution in [0.15, 0.2) is 30.3 Å². The summed E-state index contributed by atoms with van der Waals surface area (Å²) in [7, 11) is 1.93. The van der Waals surface area contributed by atoms with Crippen LogP contribution in [0.2, 0.25) is 0 Å². The molecule has 1 aromatic carbocycles. The van der Waals surface area contributed by atoms with Gasteiger partial charge >= 0.3 is 0 Å². The fraction of sp³-hybridized carbons (Fsp3) is 0.522. The van der Waals surface area contributed by atoms with Gasteiger partial charge in [-0.3, -0.25) is 4.79 Å². The van der Waals surface area contributed by atoms with Crippen molar-refractivity contribution in [2.24, 2.45) is 0 Å². The Morgan fingerprint density at radius 3 is 2.45 bits per heavy atom. The first-order valence-corrected chi connectivity index (χ1v) is 11.9. The number of anilines is 2. The minimum Gasteiger partial charge on any atom is -0.364 e. The number of aromatic nitrogens is 3. The number of rotatable bonds is 5. The summed E-state index contributed by atoms with van der Waals surface area (Å²) in [5.41, 5.74) is 1.81. The van der Waals surface area contributed by atoms with E-state index in [2.05, 4.69) is 38.2 Å².